The SMILES string of the molecule is COc1ccccc1CNC(=O)c1csc(Cc2ccccc2)n1. The van der Waals surface area contributed by atoms with E-state index in [1.807, 2.05) is 42.5 Å². The molecule has 0 fully saturated rings. The highest BCUT2D eigenvalue weighted by Crippen LogP contribution is 2.18. The van der Waals surface area contributed by atoms with Crippen LogP contribution in [0, 0.1) is 0 Å². The van der Waals surface area contributed by atoms with Crippen LogP contribution in [-0.4, -0.2) is 18.0 Å². The van der Waals surface area contributed by atoms with Gasteiger partial charge in [0.1, 0.15) is 11.4 Å². The summed E-state index contributed by atoms with van der Waals surface area (Å²) in [6.45, 7) is 0.411. The van der Waals surface area contributed by atoms with Crippen LogP contribution in [-0.2, 0) is 13.0 Å². The van der Waals surface area contributed by atoms with Gasteiger partial charge in [0.15, 0.2) is 0 Å². The van der Waals surface area contributed by atoms with E-state index in [1.54, 1.807) is 12.5 Å². The molecule has 0 saturated heterocycles. The van der Waals surface area contributed by atoms with E-state index in [0.29, 0.717) is 12.2 Å². The average molecular weight is 338 g/mol. The second-order valence-electron chi connectivity index (χ2n) is 5.28. The number of hydrogen-bond acceptors (Lipinski definition) is 4. The Kier molecular flexibility index (Phi) is 5.23. The second-order valence-corrected chi connectivity index (χ2v) is 6.23. The van der Waals surface area contributed by atoms with Crippen molar-refractivity contribution in [1.82, 2.24) is 10.3 Å². The van der Waals surface area contributed by atoms with Gasteiger partial charge in [-0.15, -0.1) is 11.3 Å². The number of rotatable bonds is 6. The van der Waals surface area contributed by atoms with Crippen molar-refractivity contribution in [1.29, 1.82) is 0 Å². The zero-order valence-electron chi connectivity index (χ0n) is 13.4. The molecule has 5 heteroatoms. The maximum Gasteiger partial charge on any atom is 0.271 e. The third-order valence-corrected chi connectivity index (χ3v) is 4.46. The summed E-state index contributed by atoms with van der Waals surface area (Å²) in [6, 6.07) is 17.7. The van der Waals surface area contributed by atoms with Gasteiger partial charge in [-0.1, -0.05) is 48.5 Å². The zero-order valence-corrected chi connectivity index (χ0v) is 14.2. The van der Waals surface area contributed by atoms with Gasteiger partial charge < -0.3 is 10.1 Å². The predicted molar refractivity (Wildman–Crippen MR) is 95.5 cm³/mol. The summed E-state index contributed by atoms with van der Waals surface area (Å²) in [5, 5.41) is 5.63. The summed E-state index contributed by atoms with van der Waals surface area (Å²) in [4.78, 5) is 16.7. The first-order valence-electron chi connectivity index (χ1n) is 7.64. The van der Waals surface area contributed by atoms with Crippen LogP contribution in [0.3, 0.4) is 0 Å². The first kappa shape index (κ1) is 16.2. The van der Waals surface area contributed by atoms with Crippen LogP contribution in [0.2, 0.25) is 0 Å². The Morgan fingerprint density at radius 1 is 1.12 bits per heavy atom. The summed E-state index contributed by atoms with van der Waals surface area (Å²) in [6.07, 6.45) is 0.741. The second kappa shape index (κ2) is 7.75. The van der Waals surface area contributed by atoms with Crippen LogP contribution < -0.4 is 10.1 Å². The molecular weight excluding hydrogens is 320 g/mol. The molecule has 3 rings (SSSR count). The number of nitrogens with zero attached hydrogens (tertiary/aromatic N) is 1. The van der Waals surface area contributed by atoms with Crippen LogP contribution in [0.15, 0.2) is 60.0 Å². The first-order chi connectivity index (χ1) is 11.8. The quantitative estimate of drug-likeness (QED) is 0.746. The molecule has 0 unspecified atom stereocenters. The lowest BCUT2D eigenvalue weighted by Gasteiger charge is -2.08. The Labute approximate surface area is 145 Å². The minimum atomic E-state index is -0.170. The molecule has 0 aliphatic rings. The van der Waals surface area contributed by atoms with Gasteiger partial charge in [-0.05, 0) is 11.6 Å². The summed E-state index contributed by atoms with van der Waals surface area (Å²) >= 11 is 1.51. The fourth-order valence-corrected chi connectivity index (χ4v) is 3.19. The molecule has 1 amide bonds. The molecule has 2 aromatic carbocycles. The lowest BCUT2D eigenvalue weighted by molar-refractivity contribution is 0.0946. The Hall–Kier alpha value is -2.66. The molecule has 4 nitrogen and oxygen atoms in total. The molecule has 0 spiro atoms. The van der Waals surface area contributed by atoms with Gasteiger partial charge in [0.05, 0.1) is 12.1 Å². The molecule has 122 valence electrons. The highest BCUT2D eigenvalue weighted by atomic mass is 32.1. The number of hydrogen-bond donors (Lipinski definition) is 1. The molecule has 1 N–H and O–H groups in total. The van der Waals surface area contributed by atoms with Crippen molar-refractivity contribution in [3.05, 3.63) is 81.8 Å². The molecule has 0 saturated carbocycles. The number of para-hydroxylation sites is 1. The first-order valence-corrected chi connectivity index (χ1v) is 8.52. The van der Waals surface area contributed by atoms with E-state index in [4.69, 9.17) is 4.74 Å². The van der Waals surface area contributed by atoms with Crippen molar-refractivity contribution in [3.63, 3.8) is 0 Å². The largest absolute Gasteiger partial charge is 0.496 e. The van der Waals surface area contributed by atoms with E-state index in [1.165, 1.54) is 16.9 Å². The van der Waals surface area contributed by atoms with E-state index in [-0.39, 0.29) is 5.91 Å². The van der Waals surface area contributed by atoms with Gasteiger partial charge in [0.2, 0.25) is 0 Å². The molecule has 1 heterocycles. The van der Waals surface area contributed by atoms with Crippen molar-refractivity contribution in [2.24, 2.45) is 0 Å². The number of carbonyl (C=O) groups is 1. The van der Waals surface area contributed by atoms with Crippen LogP contribution in [0.5, 0.6) is 5.75 Å². The van der Waals surface area contributed by atoms with Crippen molar-refractivity contribution in [2.75, 3.05) is 7.11 Å². The summed E-state index contributed by atoms with van der Waals surface area (Å²) in [7, 11) is 1.62. The van der Waals surface area contributed by atoms with Crippen molar-refractivity contribution in [2.45, 2.75) is 13.0 Å². The molecule has 0 atom stereocenters. The fourth-order valence-electron chi connectivity index (χ4n) is 2.38. The highest BCUT2D eigenvalue weighted by Gasteiger charge is 2.12. The molecule has 0 radical (unpaired) electrons. The molecule has 1 aromatic heterocycles. The lowest BCUT2D eigenvalue weighted by Crippen LogP contribution is -2.23. The standard InChI is InChI=1S/C19H18N2O2S/c1-23-17-10-6-5-9-15(17)12-20-19(22)16-13-24-18(21-16)11-14-7-3-2-4-8-14/h2-10,13H,11-12H2,1H3,(H,20,22). The maximum absolute atomic E-state index is 12.3. The number of nitrogens with one attached hydrogen (secondary N) is 1. The molecule has 3 aromatic rings. The fraction of sp³-hybridized carbons (Fsp3) is 0.158. The predicted octanol–water partition coefficient (Wildman–Crippen LogP) is 3.67. The third-order valence-electron chi connectivity index (χ3n) is 3.61. The molecule has 24 heavy (non-hydrogen) atoms. The molecule has 0 aliphatic carbocycles. The summed E-state index contributed by atoms with van der Waals surface area (Å²) < 4.78 is 5.29. The molecule has 0 aliphatic heterocycles. The summed E-state index contributed by atoms with van der Waals surface area (Å²) in [5.74, 6) is 0.595. The molecule has 0 bridgehead atoms. The van der Waals surface area contributed by atoms with Crippen molar-refractivity contribution in [3.8, 4) is 5.75 Å². The number of amides is 1. The van der Waals surface area contributed by atoms with E-state index >= 15 is 0 Å². The lowest BCUT2D eigenvalue weighted by atomic mass is 10.2. The monoisotopic (exact) mass is 338 g/mol. The van der Waals surface area contributed by atoms with Crippen LogP contribution in [0.1, 0.15) is 26.6 Å². The maximum atomic E-state index is 12.3. The van der Waals surface area contributed by atoms with Crippen LogP contribution in [0.25, 0.3) is 0 Å². The van der Waals surface area contributed by atoms with E-state index in [0.717, 1.165) is 22.7 Å². The van der Waals surface area contributed by atoms with Gasteiger partial charge in [0.25, 0.3) is 5.91 Å². The smallest absolute Gasteiger partial charge is 0.271 e. The normalized spacial score (nSPS) is 10.4. The highest BCUT2D eigenvalue weighted by molar-refractivity contribution is 7.09. The number of thiazole rings is 1. The van der Waals surface area contributed by atoms with E-state index in [2.05, 4.69) is 22.4 Å². The Morgan fingerprint density at radius 2 is 1.88 bits per heavy atom. The van der Waals surface area contributed by atoms with Crippen LogP contribution in [0.4, 0.5) is 0 Å². The van der Waals surface area contributed by atoms with Crippen LogP contribution >= 0.6 is 11.3 Å². The van der Waals surface area contributed by atoms with Gasteiger partial charge in [-0.2, -0.15) is 0 Å². The zero-order chi connectivity index (χ0) is 16.8. The van der Waals surface area contributed by atoms with E-state index < -0.39 is 0 Å². The number of carbonyl (C=O) groups excluding carboxylic acids is 1. The number of ether oxygens (including phenoxy) is 1. The Bertz CT molecular complexity index is 815. The van der Waals surface area contributed by atoms with Crippen molar-refractivity contribution < 1.29 is 9.53 Å². The van der Waals surface area contributed by atoms with Gasteiger partial charge in [-0.3, -0.25) is 4.79 Å². The Balaban J connectivity index is 1.61. The minimum Gasteiger partial charge on any atom is -0.496 e. The average Bonchev–Trinajstić information content (AvgIpc) is 3.09. The Morgan fingerprint density at radius 3 is 2.67 bits per heavy atom. The van der Waals surface area contributed by atoms with Gasteiger partial charge in [0, 0.05) is 23.9 Å². The number of benzene rings is 2. The topological polar surface area (TPSA) is 51.2 Å². The summed E-state index contributed by atoms with van der Waals surface area (Å²) in [5.41, 5.74) is 2.58. The van der Waals surface area contributed by atoms with E-state index in [9.17, 15) is 4.79 Å². The van der Waals surface area contributed by atoms with Crippen molar-refractivity contribution >= 4 is 17.2 Å². The molecular formula is C19H18N2O2S. The minimum absolute atomic E-state index is 0.170. The third kappa shape index (κ3) is 4.00. The number of methoxy groups -OCH3 is 1. The van der Waals surface area contributed by atoms with Gasteiger partial charge in [-0.25, -0.2) is 4.98 Å². The van der Waals surface area contributed by atoms with Gasteiger partial charge >= 0.3 is 0 Å². The number of aromatic nitrogens is 1.